The van der Waals surface area contributed by atoms with Crippen LogP contribution in [0.4, 0.5) is 5.69 Å². The maximum absolute atomic E-state index is 12.4. The predicted molar refractivity (Wildman–Crippen MR) is 107 cm³/mol. The fourth-order valence-corrected chi connectivity index (χ4v) is 5.57. The van der Waals surface area contributed by atoms with Gasteiger partial charge in [-0.3, -0.25) is 4.79 Å². The average Bonchev–Trinajstić information content (AvgIpc) is 3.19. The lowest BCUT2D eigenvalue weighted by atomic mass is 10.1. The van der Waals surface area contributed by atoms with Gasteiger partial charge in [-0.1, -0.05) is 36.0 Å². The first-order valence-electron chi connectivity index (χ1n) is 8.66. The van der Waals surface area contributed by atoms with Gasteiger partial charge in [0.2, 0.25) is 5.91 Å². The number of para-hydroxylation sites is 1. The molecule has 1 fully saturated rings. The van der Waals surface area contributed by atoms with Crippen molar-refractivity contribution >= 4 is 33.2 Å². The third-order valence-corrected chi connectivity index (χ3v) is 7.20. The summed E-state index contributed by atoms with van der Waals surface area (Å²) in [5.74, 6) is 0.622. The Balaban J connectivity index is 1.74. The van der Waals surface area contributed by atoms with Crippen molar-refractivity contribution in [3.8, 4) is 0 Å². The first kappa shape index (κ1) is 19.6. The molecule has 9 heteroatoms. The normalized spacial score (nSPS) is 19.5. The number of hydrogen-bond donors (Lipinski definition) is 1. The van der Waals surface area contributed by atoms with Gasteiger partial charge in [0.25, 0.3) is 0 Å². The van der Waals surface area contributed by atoms with Gasteiger partial charge >= 0.3 is 0 Å². The van der Waals surface area contributed by atoms with E-state index in [1.54, 1.807) is 13.0 Å². The van der Waals surface area contributed by atoms with Crippen LogP contribution in [0.1, 0.15) is 25.1 Å². The number of carbonyl (C=O) groups excluding carboxylic acids is 1. The van der Waals surface area contributed by atoms with Crippen molar-refractivity contribution in [3.05, 3.63) is 48.8 Å². The van der Waals surface area contributed by atoms with Crippen molar-refractivity contribution in [2.75, 3.05) is 16.8 Å². The second kappa shape index (κ2) is 8.26. The SMILES string of the molecule is C=CCn1c(S[C@@H](C)C(=O)Nc2ccccc2)nnc1[C@H]1CCS(=O)(=O)C1. The van der Waals surface area contributed by atoms with E-state index < -0.39 is 15.1 Å². The molecule has 3 rings (SSSR count). The Morgan fingerprint density at radius 1 is 1.41 bits per heavy atom. The molecule has 7 nitrogen and oxygen atoms in total. The Morgan fingerprint density at radius 3 is 2.78 bits per heavy atom. The molecule has 1 aliphatic rings. The van der Waals surface area contributed by atoms with Gasteiger partial charge in [-0.2, -0.15) is 0 Å². The van der Waals surface area contributed by atoms with Gasteiger partial charge in [-0.05, 0) is 25.5 Å². The van der Waals surface area contributed by atoms with E-state index in [4.69, 9.17) is 0 Å². The van der Waals surface area contributed by atoms with Crippen LogP contribution in [0, 0.1) is 0 Å². The summed E-state index contributed by atoms with van der Waals surface area (Å²) in [6, 6.07) is 9.25. The van der Waals surface area contributed by atoms with Gasteiger partial charge in [0.05, 0.1) is 16.8 Å². The molecule has 1 saturated heterocycles. The van der Waals surface area contributed by atoms with E-state index in [1.165, 1.54) is 11.8 Å². The fourth-order valence-electron chi connectivity index (χ4n) is 2.97. The molecule has 0 spiro atoms. The van der Waals surface area contributed by atoms with E-state index in [9.17, 15) is 13.2 Å². The molecule has 1 aliphatic heterocycles. The van der Waals surface area contributed by atoms with Crippen LogP contribution in [0.5, 0.6) is 0 Å². The predicted octanol–water partition coefficient (Wildman–Crippen LogP) is 2.49. The van der Waals surface area contributed by atoms with Crippen molar-refractivity contribution in [3.63, 3.8) is 0 Å². The van der Waals surface area contributed by atoms with Crippen LogP contribution in [0.25, 0.3) is 0 Å². The zero-order valence-corrected chi connectivity index (χ0v) is 16.7. The summed E-state index contributed by atoms with van der Waals surface area (Å²) in [4.78, 5) is 12.4. The highest BCUT2D eigenvalue weighted by Crippen LogP contribution is 2.31. The summed E-state index contributed by atoms with van der Waals surface area (Å²) < 4.78 is 25.4. The summed E-state index contributed by atoms with van der Waals surface area (Å²) in [5.41, 5.74) is 0.736. The lowest BCUT2D eigenvalue weighted by Crippen LogP contribution is -2.23. The van der Waals surface area contributed by atoms with Crippen molar-refractivity contribution < 1.29 is 13.2 Å². The number of rotatable bonds is 7. The van der Waals surface area contributed by atoms with Crippen LogP contribution < -0.4 is 5.32 Å². The first-order valence-corrected chi connectivity index (χ1v) is 11.4. The molecule has 1 aromatic carbocycles. The second-order valence-electron chi connectivity index (χ2n) is 6.46. The molecule has 1 amide bonds. The molecule has 2 atom stereocenters. The summed E-state index contributed by atoms with van der Waals surface area (Å²) in [7, 11) is -3.01. The Bertz CT molecular complexity index is 925. The van der Waals surface area contributed by atoms with Gasteiger partial charge in [-0.15, -0.1) is 16.8 Å². The maximum atomic E-state index is 12.4. The van der Waals surface area contributed by atoms with Gasteiger partial charge in [0.1, 0.15) is 5.82 Å². The Labute approximate surface area is 163 Å². The number of hydrogen-bond acceptors (Lipinski definition) is 6. The van der Waals surface area contributed by atoms with Crippen LogP contribution in [0.15, 0.2) is 48.1 Å². The minimum absolute atomic E-state index is 0.0942. The number of carbonyl (C=O) groups is 1. The zero-order chi connectivity index (χ0) is 19.4. The summed E-state index contributed by atoms with van der Waals surface area (Å²) in [6.45, 7) is 6.03. The Hall–Kier alpha value is -2.13. The molecule has 1 aromatic heterocycles. The van der Waals surface area contributed by atoms with Gasteiger partial charge in [0.15, 0.2) is 15.0 Å². The molecular weight excluding hydrogens is 384 g/mol. The molecule has 2 heterocycles. The third kappa shape index (κ3) is 4.78. The van der Waals surface area contributed by atoms with E-state index in [-0.39, 0.29) is 23.3 Å². The topological polar surface area (TPSA) is 93.9 Å². The second-order valence-corrected chi connectivity index (χ2v) is 9.99. The molecule has 27 heavy (non-hydrogen) atoms. The molecule has 0 radical (unpaired) electrons. The van der Waals surface area contributed by atoms with Gasteiger partial charge in [-0.25, -0.2) is 8.42 Å². The standard InChI is InChI=1S/C18H22N4O3S2/c1-3-10-22-16(14-9-11-27(24,25)12-14)20-21-18(22)26-13(2)17(23)19-15-7-5-4-6-8-15/h3-8,13-14H,1,9-12H2,2H3,(H,19,23)/t13-,14-/m0/s1. The van der Waals surface area contributed by atoms with Crippen molar-refractivity contribution in [2.45, 2.75) is 36.2 Å². The lowest BCUT2D eigenvalue weighted by molar-refractivity contribution is -0.115. The highest BCUT2D eigenvalue weighted by atomic mass is 32.2. The van der Waals surface area contributed by atoms with E-state index in [1.807, 2.05) is 34.9 Å². The van der Waals surface area contributed by atoms with Gasteiger partial charge < -0.3 is 9.88 Å². The monoisotopic (exact) mass is 406 g/mol. The summed E-state index contributed by atoms with van der Waals surface area (Å²) in [6.07, 6.45) is 2.27. The average molecular weight is 407 g/mol. The summed E-state index contributed by atoms with van der Waals surface area (Å²) >= 11 is 1.30. The van der Waals surface area contributed by atoms with E-state index in [0.717, 1.165) is 5.69 Å². The Morgan fingerprint density at radius 2 is 2.15 bits per heavy atom. The molecule has 0 unspecified atom stereocenters. The minimum atomic E-state index is -3.01. The molecule has 144 valence electrons. The van der Waals surface area contributed by atoms with Crippen LogP contribution in [0.3, 0.4) is 0 Å². The zero-order valence-electron chi connectivity index (χ0n) is 15.0. The number of amides is 1. The Kier molecular flexibility index (Phi) is 6.01. The smallest absolute Gasteiger partial charge is 0.237 e. The third-order valence-electron chi connectivity index (χ3n) is 4.35. The highest BCUT2D eigenvalue weighted by molar-refractivity contribution is 8.00. The summed E-state index contributed by atoms with van der Waals surface area (Å²) in [5, 5.41) is 11.5. The van der Waals surface area contributed by atoms with E-state index in [0.29, 0.717) is 23.9 Å². The van der Waals surface area contributed by atoms with Crippen molar-refractivity contribution in [1.29, 1.82) is 0 Å². The number of anilines is 1. The van der Waals surface area contributed by atoms with Crippen molar-refractivity contribution in [2.24, 2.45) is 0 Å². The molecular formula is C18H22N4O3S2. The van der Waals surface area contributed by atoms with Gasteiger partial charge in [0, 0.05) is 18.2 Å². The van der Waals surface area contributed by atoms with E-state index in [2.05, 4.69) is 22.1 Å². The molecule has 2 aromatic rings. The number of thioether (sulfide) groups is 1. The largest absolute Gasteiger partial charge is 0.325 e. The fraction of sp³-hybridized carbons (Fsp3) is 0.389. The van der Waals surface area contributed by atoms with Crippen LogP contribution >= 0.6 is 11.8 Å². The molecule has 0 saturated carbocycles. The highest BCUT2D eigenvalue weighted by Gasteiger charge is 2.33. The number of nitrogens with zero attached hydrogens (tertiary/aromatic N) is 3. The maximum Gasteiger partial charge on any atom is 0.237 e. The number of aromatic nitrogens is 3. The molecule has 0 bridgehead atoms. The van der Waals surface area contributed by atoms with E-state index >= 15 is 0 Å². The lowest BCUT2D eigenvalue weighted by Gasteiger charge is -2.14. The number of benzene rings is 1. The minimum Gasteiger partial charge on any atom is -0.325 e. The van der Waals surface area contributed by atoms with Crippen LogP contribution in [-0.2, 0) is 21.2 Å². The first-order chi connectivity index (χ1) is 12.9. The van der Waals surface area contributed by atoms with Crippen molar-refractivity contribution in [1.82, 2.24) is 14.8 Å². The van der Waals surface area contributed by atoms with Crippen LogP contribution in [0.2, 0.25) is 0 Å². The number of allylic oxidation sites excluding steroid dienone is 1. The molecule has 1 N–H and O–H groups in total. The quantitative estimate of drug-likeness (QED) is 0.561. The number of nitrogens with one attached hydrogen (secondary N) is 1. The number of sulfone groups is 1. The van der Waals surface area contributed by atoms with Crippen LogP contribution in [-0.4, -0.2) is 45.8 Å². The molecule has 0 aliphatic carbocycles.